The van der Waals surface area contributed by atoms with Crippen molar-refractivity contribution >= 4 is 23.9 Å². The number of hydrogen-bond donors (Lipinski definition) is 0. The number of esters is 4. The van der Waals surface area contributed by atoms with E-state index in [0.29, 0.717) is 18.4 Å². The number of rotatable bonds is 4. The molecule has 5 bridgehead atoms. The lowest BCUT2D eigenvalue weighted by atomic mass is 9.53. The molecule has 0 aromatic rings. The Hall–Kier alpha value is -2.42. The van der Waals surface area contributed by atoms with Crippen LogP contribution in [0.3, 0.4) is 0 Å². The van der Waals surface area contributed by atoms with Gasteiger partial charge in [0.1, 0.15) is 17.8 Å². The van der Waals surface area contributed by atoms with Crippen molar-refractivity contribution in [2.24, 2.45) is 23.7 Å². The third kappa shape index (κ3) is 3.06. The van der Waals surface area contributed by atoms with E-state index >= 15 is 0 Å². The first-order chi connectivity index (χ1) is 17.6. The maximum atomic E-state index is 13.7. The van der Waals surface area contributed by atoms with Gasteiger partial charge in [0.25, 0.3) is 0 Å². The van der Waals surface area contributed by atoms with Crippen LogP contribution in [0.2, 0.25) is 0 Å². The van der Waals surface area contributed by atoms with Gasteiger partial charge in [0.15, 0.2) is 0 Å². The van der Waals surface area contributed by atoms with Crippen molar-refractivity contribution in [1.29, 1.82) is 0 Å². The van der Waals surface area contributed by atoms with E-state index in [1.165, 1.54) is 27.9 Å². The van der Waals surface area contributed by atoms with Gasteiger partial charge < -0.3 is 18.9 Å². The van der Waals surface area contributed by atoms with Crippen LogP contribution < -0.4 is 0 Å². The van der Waals surface area contributed by atoms with Gasteiger partial charge in [-0.05, 0) is 63.7 Å². The Morgan fingerprint density at radius 3 is 2.30 bits per heavy atom. The van der Waals surface area contributed by atoms with Crippen molar-refractivity contribution in [3.63, 3.8) is 0 Å². The van der Waals surface area contributed by atoms with Crippen LogP contribution in [-0.4, -0.2) is 71.3 Å². The lowest BCUT2D eigenvalue weighted by Crippen LogP contribution is -2.73. The standard InChI is InChI=1S/C28H37NO8/c1-13-9-10-18-20-11-17-12-27(18,37-16(4)32)25-23(26(33)34-5)24(36-15(3)31)22-19(28(17,25)29(13)20)7-6-8-21(22)35-14(2)30/h13,17-22,24H,6-12H2,1-5H3. The second-order valence-electron chi connectivity index (χ2n) is 12.0. The summed E-state index contributed by atoms with van der Waals surface area (Å²) < 4.78 is 23.6. The Morgan fingerprint density at radius 1 is 0.919 bits per heavy atom. The summed E-state index contributed by atoms with van der Waals surface area (Å²) in [6.07, 6.45) is 4.44. The molecule has 11 unspecified atom stereocenters. The van der Waals surface area contributed by atoms with Crippen LogP contribution in [0, 0.1) is 23.7 Å². The first-order valence-electron chi connectivity index (χ1n) is 13.7. The van der Waals surface area contributed by atoms with E-state index in [0.717, 1.165) is 37.7 Å². The molecule has 3 aliphatic heterocycles. The van der Waals surface area contributed by atoms with E-state index in [1.807, 2.05) is 0 Å². The molecule has 3 aliphatic carbocycles. The van der Waals surface area contributed by atoms with Crippen LogP contribution in [0.25, 0.3) is 0 Å². The molecule has 6 rings (SSSR count). The lowest BCUT2D eigenvalue weighted by molar-refractivity contribution is -0.193. The van der Waals surface area contributed by atoms with E-state index in [1.54, 1.807) is 0 Å². The fourth-order valence-electron chi connectivity index (χ4n) is 10.1. The van der Waals surface area contributed by atoms with Gasteiger partial charge in [0, 0.05) is 50.3 Å². The van der Waals surface area contributed by atoms with Gasteiger partial charge in [-0.1, -0.05) is 0 Å². The summed E-state index contributed by atoms with van der Waals surface area (Å²) in [5, 5.41) is 0. The third-order valence-corrected chi connectivity index (χ3v) is 10.4. The Balaban J connectivity index is 1.68. The average molecular weight is 516 g/mol. The van der Waals surface area contributed by atoms with Crippen molar-refractivity contribution in [2.45, 2.75) is 108 Å². The summed E-state index contributed by atoms with van der Waals surface area (Å²) in [6, 6.07) is 0.540. The fourth-order valence-corrected chi connectivity index (χ4v) is 10.1. The SMILES string of the molecule is COC(=O)C1=C2C3(OC(C)=O)CC4CC5C3CCC(C)N5C24C2CCCC(OC(C)=O)C2C1OC(C)=O. The number of ether oxygens (including phenoxy) is 4. The molecule has 0 amide bonds. The molecule has 9 heteroatoms. The molecule has 9 nitrogen and oxygen atoms in total. The first kappa shape index (κ1) is 24.9. The van der Waals surface area contributed by atoms with Crippen molar-refractivity contribution in [1.82, 2.24) is 4.90 Å². The summed E-state index contributed by atoms with van der Waals surface area (Å²) in [5.41, 5.74) is -0.336. The molecule has 3 heterocycles. The van der Waals surface area contributed by atoms with Crippen LogP contribution in [0.15, 0.2) is 11.1 Å². The predicted octanol–water partition coefficient (Wildman–Crippen LogP) is 2.70. The highest BCUT2D eigenvalue weighted by molar-refractivity contribution is 5.93. The van der Waals surface area contributed by atoms with E-state index in [2.05, 4.69) is 11.8 Å². The van der Waals surface area contributed by atoms with Crippen molar-refractivity contribution in [3.8, 4) is 0 Å². The second-order valence-corrected chi connectivity index (χ2v) is 12.0. The van der Waals surface area contributed by atoms with Crippen molar-refractivity contribution in [3.05, 3.63) is 11.1 Å². The van der Waals surface area contributed by atoms with Gasteiger partial charge >= 0.3 is 23.9 Å². The molecule has 0 aromatic carbocycles. The fraction of sp³-hybridized carbons (Fsp3) is 0.786. The third-order valence-electron chi connectivity index (χ3n) is 10.4. The maximum absolute atomic E-state index is 13.7. The van der Waals surface area contributed by atoms with Gasteiger partial charge in [0.2, 0.25) is 0 Å². The van der Waals surface area contributed by atoms with Gasteiger partial charge in [-0.3, -0.25) is 19.3 Å². The highest BCUT2D eigenvalue weighted by atomic mass is 16.6. The Kier molecular flexibility index (Phi) is 5.58. The van der Waals surface area contributed by atoms with Crippen LogP contribution in [0.5, 0.6) is 0 Å². The van der Waals surface area contributed by atoms with Gasteiger partial charge in [-0.25, -0.2) is 4.79 Å². The number of methoxy groups -OCH3 is 1. The van der Waals surface area contributed by atoms with Crippen LogP contribution >= 0.6 is 0 Å². The molecule has 0 aromatic heterocycles. The number of piperidine rings is 2. The number of carbonyl (C=O) groups excluding carboxylic acids is 4. The summed E-state index contributed by atoms with van der Waals surface area (Å²) >= 11 is 0. The van der Waals surface area contributed by atoms with Crippen LogP contribution in [0.4, 0.5) is 0 Å². The highest BCUT2D eigenvalue weighted by Crippen LogP contribution is 2.76. The molecule has 2 saturated carbocycles. The highest BCUT2D eigenvalue weighted by Gasteiger charge is 2.82. The van der Waals surface area contributed by atoms with Gasteiger partial charge in [0.05, 0.1) is 18.2 Å². The number of carbonyl (C=O) groups is 4. The average Bonchev–Trinajstić information content (AvgIpc) is 3.22. The maximum Gasteiger partial charge on any atom is 0.337 e. The molecule has 0 radical (unpaired) electrons. The molecular formula is C28H37NO8. The van der Waals surface area contributed by atoms with E-state index in [9.17, 15) is 19.2 Å². The summed E-state index contributed by atoms with van der Waals surface area (Å²) in [6.45, 7) is 6.41. The number of hydrogen-bond acceptors (Lipinski definition) is 9. The van der Waals surface area contributed by atoms with Crippen molar-refractivity contribution < 1.29 is 38.1 Å². The lowest BCUT2D eigenvalue weighted by Gasteiger charge is -2.65. The number of fused-ring (bicyclic) bond motifs is 2. The molecular weight excluding hydrogens is 478 g/mol. The molecule has 37 heavy (non-hydrogen) atoms. The quantitative estimate of drug-likeness (QED) is 0.412. The zero-order valence-electron chi connectivity index (χ0n) is 22.3. The predicted molar refractivity (Wildman–Crippen MR) is 129 cm³/mol. The molecule has 5 fully saturated rings. The van der Waals surface area contributed by atoms with E-state index < -0.39 is 35.3 Å². The topological polar surface area (TPSA) is 108 Å². The molecule has 3 saturated heterocycles. The minimum atomic E-state index is -0.941. The molecule has 202 valence electrons. The Labute approximate surface area is 217 Å². The Morgan fingerprint density at radius 2 is 1.65 bits per heavy atom. The van der Waals surface area contributed by atoms with Crippen LogP contribution in [0.1, 0.15) is 72.6 Å². The van der Waals surface area contributed by atoms with Crippen LogP contribution in [-0.2, 0) is 38.1 Å². The largest absolute Gasteiger partial charge is 0.466 e. The normalized spacial score (nSPS) is 46.6. The molecule has 1 spiro atoms. The zero-order chi connectivity index (χ0) is 26.4. The van der Waals surface area contributed by atoms with E-state index in [4.69, 9.17) is 18.9 Å². The van der Waals surface area contributed by atoms with Crippen molar-refractivity contribution in [2.75, 3.05) is 7.11 Å². The molecule has 0 N–H and O–H groups in total. The minimum absolute atomic E-state index is 0.0210. The smallest absolute Gasteiger partial charge is 0.337 e. The molecule has 6 aliphatic rings. The zero-order valence-corrected chi connectivity index (χ0v) is 22.3. The molecule has 11 atom stereocenters. The van der Waals surface area contributed by atoms with Gasteiger partial charge in [-0.15, -0.1) is 0 Å². The second kappa shape index (κ2) is 8.29. The monoisotopic (exact) mass is 515 g/mol. The number of nitrogens with zero attached hydrogens (tertiary/aromatic N) is 1. The van der Waals surface area contributed by atoms with E-state index in [-0.39, 0.29) is 47.7 Å². The summed E-state index contributed by atoms with van der Waals surface area (Å²) in [4.78, 5) is 53.7. The summed E-state index contributed by atoms with van der Waals surface area (Å²) in [5.74, 6) is -2.00. The van der Waals surface area contributed by atoms with Gasteiger partial charge in [-0.2, -0.15) is 0 Å². The first-order valence-corrected chi connectivity index (χ1v) is 13.7. The summed E-state index contributed by atoms with van der Waals surface area (Å²) in [7, 11) is 1.33. The minimum Gasteiger partial charge on any atom is -0.466 e. The Bertz CT molecular complexity index is 1100.